The van der Waals surface area contributed by atoms with Crippen LogP contribution in [-0.4, -0.2) is 7.11 Å². The van der Waals surface area contributed by atoms with Crippen LogP contribution in [0.25, 0.3) is 10.8 Å². The maximum Gasteiger partial charge on any atom is 0.119 e. The molecule has 0 radical (unpaired) electrons. The van der Waals surface area contributed by atoms with E-state index in [4.69, 9.17) is 4.74 Å². The van der Waals surface area contributed by atoms with E-state index in [0.717, 1.165) is 23.3 Å². The van der Waals surface area contributed by atoms with Gasteiger partial charge in [0.2, 0.25) is 0 Å². The Morgan fingerprint density at radius 2 is 1.86 bits per heavy atom. The van der Waals surface area contributed by atoms with Gasteiger partial charge in [-0.1, -0.05) is 18.2 Å². The van der Waals surface area contributed by atoms with E-state index in [9.17, 15) is 0 Å². The molecule has 1 N–H and O–H groups in total. The standard InChI is InChI=1S/C17H16BrNOS/c1-20-16-5-4-13-6-12(2-3-14(13)7-16)9-19-10-17-8-15(18)11-21-17/h2-8,11,19H,9-10H2,1H3. The minimum atomic E-state index is 0.873. The molecule has 4 heteroatoms. The largest absolute Gasteiger partial charge is 0.497 e. The lowest BCUT2D eigenvalue weighted by atomic mass is 10.1. The van der Waals surface area contributed by atoms with Gasteiger partial charge < -0.3 is 10.1 Å². The fraction of sp³-hybridized carbons (Fsp3) is 0.176. The summed E-state index contributed by atoms with van der Waals surface area (Å²) in [6, 6.07) is 14.9. The van der Waals surface area contributed by atoms with Crippen molar-refractivity contribution >= 4 is 38.0 Å². The van der Waals surface area contributed by atoms with Crippen molar-refractivity contribution in [1.29, 1.82) is 0 Å². The topological polar surface area (TPSA) is 21.3 Å². The Balaban J connectivity index is 1.67. The van der Waals surface area contributed by atoms with Crippen molar-refractivity contribution in [2.75, 3.05) is 7.11 Å². The van der Waals surface area contributed by atoms with E-state index >= 15 is 0 Å². The van der Waals surface area contributed by atoms with Crippen LogP contribution in [-0.2, 0) is 13.1 Å². The highest BCUT2D eigenvalue weighted by atomic mass is 79.9. The molecule has 0 aliphatic carbocycles. The van der Waals surface area contributed by atoms with Crippen LogP contribution in [0.15, 0.2) is 52.3 Å². The van der Waals surface area contributed by atoms with Crippen molar-refractivity contribution in [3.63, 3.8) is 0 Å². The van der Waals surface area contributed by atoms with Gasteiger partial charge in [-0.15, -0.1) is 11.3 Å². The molecule has 0 atom stereocenters. The van der Waals surface area contributed by atoms with E-state index in [2.05, 4.69) is 63.0 Å². The Morgan fingerprint density at radius 3 is 2.62 bits per heavy atom. The zero-order valence-corrected chi connectivity index (χ0v) is 14.1. The molecule has 0 spiro atoms. The summed E-state index contributed by atoms with van der Waals surface area (Å²) in [5.41, 5.74) is 1.29. The van der Waals surface area contributed by atoms with Crippen LogP contribution in [0.1, 0.15) is 10.4 Å². The van der Waals surface area contributed by atoms with Gasteiger partial charge in [0.25, 0.3) is 0 Å². The number of hydrogen-bond donors (Lipinski definition) is 1. The van der Waals surface area contributed by atoms with Crippen molar-refractivity contribution in [3.05, 3.63) is 62.8 Å². The number of rotatable bonds is 5. The van der Waals surface area contributed by atoms with Crippen LogP contribution in [0.2, 0.25) is 0 Å². The number of benzene rings is 2. The lowest BCUT2D eigenvalue weighted by Crippen LogP contribution is -2.11. The molecule has 1 heterocycles. The first-order chi connectivity index (χ1) is 10.2. The van der Waals surface area contributed by atoms with E-state index in [-0.39, 0.29) is 0 Å². The summed E-state index contributed by atoms with van der Waals surface area (Å²) in [6.07, 6.45) is 0. The Labute approximate surface area is 136 Å². The van der Waals surface area contributed by atoms with Crippen LogP contribution in [0, 0.1) is 0 Å². The molecule has 0 saturated heterocycles. The van der Waals surface area contributed by atoms with Crippen molar-refractivity contribution in [1.82, 2.24) is 5.32 Å². The highest BCUT2D eigenvalue weighted by Gasteiger charge is 2.00. The van der Waals surface area contributed by atoms with E-state index in [1.165, 1.54) is 21.2 Å². The highest BCUT2D eigenvalue weighted by molar-refractivity contribution is 9.10. The smallest absolute Gasteiger partial charge is 0.119 e. The predicted molar refractivity (Wildman–Crippen MR) is 93.1 cm³/mol. The number of thiophene rings is 1. The summed E-state index contributed by atoms with van der Waals surface area (Å²) in [5.74, 6) is 0.900. The van der Waals surface area contributed by atoms with Crippen molar-refractivity contribution in [2.45, 2.75) is 13.1 Å². The van der Waals surface area contributed by atoms with E-state index < -0.39 is 0 Å². The highest BCUT2D eigenvalue weighted by Crippen LogP contribution is 2.22. The first-order valence-corrected chi connectivity index (χ1v) is 8.42. The molecule has 1 aromatic heterocycles. The van der Waals surface area contributed by atoms with Crippen LogP contribution < -0.4 is 10.1 Å². The van der Waals surface area contributed by atoms with Gasteiger partial charge in [-0.3, -0.25) is 0 Å². The van der Waals surface area contributed by atoms with Gasteiger partial charge in [0, 0.05) is 27.8 Å². The Hall–Kier alpha value is -1.36. The van der Waals surface area contributed by atoms with E-state index in [1.807, 2.05) is 6.07 Å². The fourth-order valence-corrected chi connectivity index (χ4v) is 3.71. The number of nitrogens with one attached hydrogen (secondary N) is 1. The second kappa shape index (κ2) is 6.60. The lowest BCUT2D eigenvalue weighted by Gasteiger charge is -2.07. The summed E-state index contributed by atoms with van der Waals surface area (Å²) in [7, 11) is 1.70. The normalized spacial score (nSPS) is 11.0. The lowest BCUT2D eigenvalue weighted by molar-refractivity contribution is 0.415. The van der Waals surface area contributed by atoms with Crippen molar-refractivity contribution in [2.24, 2.45) is 0 Å². The Kier molecular flexibility index (Phi) is 4.58. The average molecular weight is 362 g/mol. The molecule has 0 unspecified atom stereocenters. The first kappa shape index (κ1) is 14.6. The molecule has 0 fully saturated rings. The molecule has 0 amide bonds. The fourth-order valence-electron chi connectivity index (χ4n) is 2.29. The maximum absolute atomic E-state index is 5.25. The van der Waals surface area contributed by atoms with E-state index in [0.29, 0.717) is 0 Å². The molecule has 0 aliphatic rings. The van der Waals surface area contributed by atoms with Crippen LogP contribution in [0.4, 0.5) is 0 Å². The molecular weight excluding hydrogens is 346 g/mol. The number of fused-ring (bicyclic) bond motifs is 1. The van der Waals surface area contributed by atoms with Gasteiger partial charge in [-0.05, 0) is 56.5 Å². The second-order valence-electron chi connectivity index (χ2n) is 4.88. The molecule has 21 heavy (non-hydrogen) atoms. The zero-order chi connectivity index (χ0) is 14.7. The first-order valence-electron chi connectivity index (χ1n) is 6.75. The molecule has 0 aliphatic heterocycles. The molecule has 3 rings (SSSR count). The van der Waals surface area contributed by atoms with Gasteiger partial charge in [-0.25, -0.2) is 0 Å². The van der Waals surface area contributed by atoms with Gasteiger partial charge in [-0.2, -0.15) is 0 Å². The van der Waals surface area contributed by atoms with Crippen molar-refractivity contribution < 1.29 is 4.74 Å². The number of ether oxygens (including phenoxy) is 1. The summed E-state index contributed by atoms with van der Waals surface area (Å²) >= 11 is 5.25. The summed E-state index contributed by atoms with van der Waals surface area (Å²) in [6.45, 7) is 1.77. The minimum absolute atomic E-state index is 0.873. The van der Waals surface area contributed by atoms with E-state index in [1.54, 1.807) is 18.4 Å². The van der Waals surface area contributed by atoms with Crippen LogP contribution in [0.5, 0.6) is 5.75 Å². The van der Waals surface area contributed by atoms with Crippen LogP contribution in [0.3, 0.4) is 0 Å². The molecule has 2 aromatic carbocycles. The predicted octanol–water partition coefficient (Wildman–Crippen LogP) is 4.96. The maximum atomic E-state index is 5.25. The van der Waals surface area contributed by atoms with Gasteiger partial charge in [0.05, 0.1) is 7.11 Å². The molecule has 108 valence electrons. The molecule has 0 saturated carbocycles. The number of hydrogen-bond acceptors (Lipinski definition) is 3. The SMILES string of the molecule is COc1ccc2cc(CNCc3cc(Br)cs3)ccc2c1. The van der Waals surface area contributed by atoms with Crippen LogP contribution >= 0.6 is 27.3 Å². The minimum Gasteiger partial charge on any atom is -0.497 e. The van der Waals surface area contributed by atoms with Crippen molar-refractivity contribution in [3.8, 4) is 5.75 Å². The molecule has 0 bridgehead atoms. The third-order valence-electron chi connectivity index (χ3n) is 3.36. The summed E-state index contributed by atoms with van der Waals surface area (Å²) < 4.78 is 6.41. The number of halogens is 1. The summed E-state index contributed by atoms with van der Waals surface area (Å²) in [5, 5.41) is 8.05. The quantitative estimate of drug-likeness (QED) is 0.693. The monoisotopic (exact) mass is 361 g/mol. The van der Waals surface area contributed by atoms with Gasteiger partial charge >= 0.3 is 0 Å². The third kappa shape index (κ3) is 3.64. The zero-order valence-electron chi connectivity index (χ0n) is 11.7. The summed E-state index contributed by atoms with van der Waals surface area (Å²) in [4.78, 5) is 1.34. The van der Waals surface area contributed by atoms with Gasteiger partial charge in [0.15, 0.2) is 0 Å². The van der Waals surface area contributed by atoms with Gasteiger partial charge in [0.1, 0.15) is 5.75 Å². The Bertz CT molecular complexity index is 753. The molecule has 2 nitrogen and oxygen atoms in total. The Morgan fingerprint density at radius 1 is 1.05 bits per heavy atom. The molecule has 3 aromatic rings. The molecular formula is C17H16BrNOS. The second-order valence-corrected chi connectivity index (χ2v) is 6.79. The third-order valence-corrected chi connectivity index (χ3v) is 5.06. The average Bonchev–Trinajstić information content (AvgIpc) is 2.92. The number of methoxy groups -OCH3 is 1.